The fourth-order valence-corrected chi connectivity index (χ4v) is 3.05. The van der Waals surface area contributed by atoms with Crippen molar-refractivity contribution in [1.29, 1.82) is 0 Å². The first-order valence-corrected chi connectivity index (χ1v) is 8.01. The second-order valence-corrected chi connectivity index (χ2v) is 5.74. The number of benzene rings is 2. The average molecular weight is 320 g/mol. The van der Waals surface area contributed by atoms with Gasteiger partial charge in [-0.1, -0.05) is 29.8 Å². The zero-order chi connectivity index (χ0) is 16.1. The van der Waals surface area contributed by atoms with Crippen molar-refractivity contribution < 1.29 is 13.9 Å². The van der Waals surface area contributed by atoms with Crippen molar-refractivity contribution in [3.63, 3.8) is 0 Å². The maximum absolute atomic E-state index is 14.2. The molecule has 0 aliphatic carbocycles. The zero-order valence-corrected chi connectivity index (χ0v) is 14.4. The van der Waals surface area contributed by atoms with Gasteiger partial charge in [-0.2, -0.15) is 0 Å². The van der Waals surface area contributed by atoms with Crippen LogP contribution in [0.2, 0.25) is 0 Å². The Hall–Kier alpha value is -1.28. The zero-order valence-electron chi connectivity index (χ0n) is 13.3. The summed E-state index contributed by atoms with van der Waals surface area (Å²) < 4.78 is 24.8. The number of hydrogen-bond acceptors (Lipinski definition) is 2. The monoisotopic (exact) mass is 320 g/mol. The molecule has 0 amide bonds. The predicted molar refractivity (Wildman–Crippen MR) is 91.4 cm³/mol. The largest absolute Gasteiger partial charge is 0.380 e. The van der Waals surface area contributed by atoms with Gasteiger partial charge in [0.25, 0.3) is 0 Å². The molecule has 22 heavy (non-hydrogen) atoms. The molecule has 0 heterocycles. The highest BCUT2D eigenvalue weighted by Gasteiger charge is 2.14. The summed E-state index contributed by atoms with van der Waals surface area (Å²) in [7, 11) is 5.89. The van der Waals surface area contributed by atoms with Crippen molar-refractivity contribution in [2.45, 2.75) is 26.3 Å². The number of aryl methyl sites for hydroxylation is 1. The van der Waals surface area contributed by atoms with Crippen molar-refractivity contribution in [2.24, 2.45) is 0 Å². The van der Waals surface area contributed by atoms with Crippen LogP contribution in [0.4, 0.5) is 4.39 Å². The van der Waals surface area contributed by atoms with Gasteiger partial charge in [0.05, 0.1) is 13.2 Å². The third-order valence-corrected chi connectivity index (χ3v) is 4.05. The SMILES string of the molecule is COCc1cc(C)cc(COC)c1-c1ccc(CP)c(F)c1. The molecule has 0 spiro atoms. The molecule has 4 heteroatoms. The van der Waals surface area contributed by atoms with E-state index in [1.165, 1.54) is 0 Å². The first-order chi connectivity index (χ1) is 10.6. The lowest BCUT2D eigenvalue weighted by Crippen LogP contribution is -2.01. The van der Waals surface area contributed by atoms with Crippen molar-refractivity contribution in [1.82, 2.24) is 0 Å². The van der Waals surface area contributed by atoms with Gasteiger partial charge < -0.3 is 9.47 Å². The molecule has 0 aliphatic rings. The van der Waals surface area contributed by atoms with Crippen molar-refractivity contribution in [3.05, 3.63) is 58.4 Å². The third kappa shape index (κ3) is 3.73. The maximum atomic E-state index is 14.2. The lowest BCUT2D eigenvalue weighted by atomic mass is 9.92. The highest BCUT2D eigenvalue weighted by molar-refractivity contribution is 7.15. The molecule has 0 fully saturated rings. The Balaban J connectivity index is 2.62. The van der Waals surface area contributed by atoms with E-state index in [0.717, 1.165) is 27.8 Å². The summed E-state index contributed by atoms with van der Waals surface area (Å²) in [5.41, 5.74) is 5.80. The van der Waals surface area contributed by atoms with Crippen LogP contribution in [0.15, 0.2) is 30.3 Å². The molecule has 2 rings (SSSR count). The number of halogens is 1. The molecule has 2 nitrogen and oxygen atoms in total. The van der Waals surface area contributed by atoms with Gasteiger partial charge in [0, 0.05) is 14.2 Å². The molecule has 1 atom stereocenters. The fourth-order valence-electron chi connectivity index (χ4n) is 2.72. The van der Waals surface area contributed by atoms with Gasteiger partial charge in [-0.25, -0.2) is 4.39 Å². The average Bonchev–Trinajstić information content (AvgIpc) is 2.47. The van der Waals surface area contributed by atoms with Crippen LogP contribution in [0, 0.1) is 12.7 Å². The van der Waals surface area contributed by atoms with Crippen LogP contribution in [0.3, 0.4) is 0 Å². The van der Waals surface area contributed by atoms with Gasteiger partial charge in [-0.3, -0.25) is 0 Å². The van der Waals surface area contributed by atoms with Gasteiger partial charge in [0.2, 0.25) is 0 Å². The topological polar surface area (TPSA) is 18.5 Å². The molecule has 0 saturated carbocycles. The summed E-state index contributed by atoms with van der Waals surface area (Å²) in [6, 6.07) is 9.57. The van der Waals surface area contributed by atoms with E-state index in [9.17, 15) is 4.39 Å². The molecule has 118 valence electrons. The summed E-state index contributed by atoms with van der Waals surface area (Å²) in [6.45, 7) is 3.02. The van der Waals surface area contributed by atoms with Gasteiger partial charge in [-0.05, 0) is 47.0 Å². The molecule has 0 N–H and O–H groups in total. The molecule has 2 aromatic carbocycles. The Morgan fingerprint density at radius 3 is 2.00 bits per heavy atom. The molecular weight excluding hydrogens is 298 g/mol. The number of ether oxygens (including phenoxy) is 2. The summed E-state index contributed by atoms with van der Waals surface area (Å²) in [6.07, 6.45) is 0.607. The quantitative estimate of drug-likeness (QED) is 0.731. The molecule has 0 aromatic heterocycles. The van der Waals surface area contributed by atoms with Crippen LogP contribution >= 0.6 is 9.24 Å². The lowest BCUT2D eigenvalue weighted by Gasteiger charge is -2.17. The number of methoxy groups -OCH3 is 2. The summed E-state index contributed by atoms with van der Waals surface area (Å²) in [5, 5.41) is 0. The van der Waals surface area contributed by atoms with Gasteiger partial charge in [0.1, 0.15) is 5.82 Å². The van der Waals surface area contributed by atoms with Crippen LogP contribution in [-0.2, 0) is 28.8 Å². The van der Waals surface area contributed by atoms with Crippen molar-refractivity contribution in [3.8, 4) is 11.1 Å². The molecule has 0 saturated heterocycles. The Bertz CT molecular complexity index is 629. The van der Waals surface area contributed by atoms with Crippen LogP contribution in [-0.4, -0.2) is 14.2 Å². The van der Waals surface area contributed by atoms with Crippen molar-refractivity contribution >= 4 is 9.24 Å². The van der Waals surface area contributed by atoms with E-state index in [1.54, 1.807) is 20.3 Å². The minimum absolute atomic E-state index is 0.181. The summed E-state index contributed by atoms with van der Waals surface area (Å²) in [5.74, 6) is -0.181. The summed E-state index contributed by atoms with van der Waals surface area (Å²) >= 11 is 0. The Morgan fingerprint density at radius 2 is 1.55 bits per heavy atom. The van der Waals surface area contributed by atoms with Crippen LogP contribution in [0.1, 0.15) is 22.3 Å². The molecular formula is C18H22FO2P. The third-order valence-electron chi connectivity index (χ3n) is 3.61. The summed E-state index contributed by atoms with van der Waals surface area (Å²) in [4.78, 5) is 0. The van der Waals surface area contributed by atoms with E-state index < -0.39 is 0 Å². The minimum Gasteiger partial charge on any atom is -0.380 e. The predicted octanol–water partition coefficient (Wildman–Crippen LogP) is 4.47. The molecule has 0 bridgehead atoms. The van der Waals surface area contributed by atoms with Crippen LogP contribution in [0.5, 0.6) is 0 Å². The van der Waals surface area contributed by atoms with E-state index in [0.29, 0.717) is 24.9 Å². The molecule has 1 unspecified atom stereocenters. The van der Waals surface area contributed by atoms with Gasteiger partial charge >= 0.3 is 0 Å². The Kier molecular flexibility index (Phi) is 6.07. The highest BCUT2D eigenvalue weighted by atomic mass is 31.0. The Labute approximate surface area is 133 Å². The second-order valence-electron chi connectivity index (χ2n) is 5.33. The van der Waals surface area contributed by atoms with Gasteiger partial charge in [-0.15, -0.1) is 9.24 Å². The number of hydrogen-bond donors (Lipinski definition) is 0. The van der Waals surface area contributed by atoms with Crippen molar-refractivity contribution in [2.75, 3.05) is 14.2 Å². The Morgan fingerprint density at radius 1 is 0.955 bits per heavy atom. The standard InChI is InChI=1S/C18H22FO2P/c1-12-6-15(9-20-2)18(16(7-12)10-21-3)13-4-5-14(11-22)17(19)8-13/h4-8H,9-11,22H2,1-3H3. The second kappa shape index (κ2) is 7.82. The highest BCUT2D eigenvalue weighted by Crippen LogP contribution is 2.32. The molecule has 0 radical (unpaired) electrons. The van der Waals surface area contributed by atoms with Crippen LogP contribution in [0.25, 0.3) is 11.1 Å². The van der Waals surface area contributed by atoms with Gasteiger partial charge in [0.15, 0.2) is 0 Å². The van der Waals surface area contributed by atoms with E-state index in [1.807, 2.05) is 19.1 Å². The van der Waals surface area contributed by atoms with Crippen LogP contribution < -0.4 is 0 Å². The smallest absolute Gasteiger partial charge is 0.127 e. The van der Waals surface area contributed by atoms with E-state index in [4.69, 9.17) is 9.47 Å². The van der Waals surface area contributed by atoms with E-state index >= 15 is 0 Å². The molecule has 0 aliphatic heterocycles. The lowest BCUT2D eigenvalue weighted by molar-refractivity contribution is 0.180. The van der Waals surface area contributed by atoms with E-state index in [-0.39, 0.29) is 5.82 Å². The molecule has 2 aromatic rings. The number of rotatable bonds is 6. The first-order valence-electron chi connectivity index (χ1n) is 7.19. The fraction of sp³-hybridized carbons (Fsp3) is 0.333. The minimum atomic E-state index is -0.181. The maximum Gasteiger partial charge on any atom is 0.127 e. The first kappa shape index (κ1) is 17.1. The normalized spacial score (nSPS) is 11.0. The van der Waals surface area contributed by atoms with E-state index in [2.05, 4.69) is 21.4 Å².